The molecule has 1 heterocycles. The zero-order valence-corrected chi connectivity index (χ0v) is 14.2. The van der Waals surface area contributed by atoms with Crippen molar-refractivity contribution >= 4 is 48.6 Å². The Bertz CT molecular complexity index is 1130. The summed E-state index contributed by atoms with van der Waals surface area (Å²) in [6, 6.07) is 24.7. The van der Waals surface area contributed by atoms with Crippen molar-refractivity contribution in [3.05, 3.63) is 77.3 Å². The minimum Gasteiger partial charge on any atom is -0.435 e. The van der Waals surface area contributed by atoms with E-state index in [0.717, 1.165) is 31.9 Å². The number of rotatable bonds is 1. The molecule has 5 rings (SSSR count). The lowest BCUT2D eigenvalue weighted by atomic mass is 10.0. The molecule has 0 unspecified atom stereocenters. The van der Waals surface area contributed by atoms with E-state index in [4.69, 9.17) is 9.40 Å². The Labute approximate surface area is 146 Å². The number of halogens is 1. The van der Waals surface area contributed by atoms with Crippen molar-refractivity contribution in [2.75, 3.05) is 0 Å². The summed E-state index contributed by atoms with van der Waals surface area (Å²) in [7, 11) is 0. The molecule has 3 heteroatoms. The summed E-state index contributed by atoms with van der Waals surface area (Å²) in [4.78, 5) is 4.81. The zero-order chi connectivity index (χ0) is 16.1. The average molecular weight is 374 g/mol. The second-order valence-corrected chi connectivity index (χ2v) is 6.71. The van der Waals surface area contributed by atoms with Gasteiger partial charge in [0, 0.05) is 20.8 Å². The molecule has 0 N–H and O–H groups in total. The van der Waals surface area contributed by atoms with E-state index in [1.807, 2.05) is 36.4 Å². The molecule has 0 atom stereocenters. The fourth-order valence-corrected chi connectivity index (χ4v) is 3.51. The molecule has 0 spiro atoms. The maximum Gasteiger partial charge on any atom is 0.227 e. The maximum atomic E-state index is 6.19. The van der Waals surface area contributed by atoms with Gasteiger partial charge in [-0.15, -0.1) is 0 Å². The third-order valence-corrected chi connectivity index (χ3v) is 4.89. The summed E-state index contributed by atoms with van der Waals surface area (Å²) in [6.07, 6.45) is 0. The van der Waals surface area contributed by atoms with Crippen molar-refractivity contribution in [1.82, 2.24) is 4.98 Å². The lowest BCUT2D eigenvalue weighted by Gasteiger charge is -2.04. The molecule has 24 heavy (non-hydrogen) atoms. The standard InChI is InChI=1S/C21H12BrNO/c22-14-11-9-13(10-12-14)21-23-19-17-7-3-1-5-15(17)16-6-2-4-8-18(16)20(19)24-21/h1-12H. The topological polar surface area (TPSA) is 26.0 Å². The predicted octanol–water partition coefficient (Wildman–Crippen LogP) is 6.56. The van der Waals surface area contributed by atoms with Crippen LogP contribution in [0.25, 0.3) is 44.1 Å². The highest BCUT2D eigenvalue weighted by Gasteiger charge is 2.15. The van der Waals surface area contributed by atoms with Crippen LogP contribution >= 0.6 is 15.9 Å². The average Bonchev–Trinajstić information content (AvgIpc) is 3.08. The number of aromatic nitrogens is 1. The van der Waals surface area contributed by atoms with Gasteiger partial charge in [-0.1, -0.05) is 64.5 Å². The Morgan fingerprint density at radius 3 is 1.96 bits per heavy atom. The van der Waals surface area contributed by atoms with E-state index in [1.54, 1.807) is 0 Å². The summed E-state index contributed by atoms with van der Waals surface area (Å²) < 4.78 is 7.23. The Morgan fingerprint density at radius 2 is 1.25 bits per heavy atom. The van der Waals surface area contributed by atoms with Gasteiger partial charge in [0.05, 0.1) is 0 Å². The molecule has 0 aliphatic heterocycles. The number of hydrogen-bond acceptors (Lipinski definition) is 2. The minimum atomic E-state index is 0.652. The van der Waals surface area contributed by atoms with E-state index >= 15 is 0 Å². The van der Waals surface area contributed by atoms with Crippen molar-refractivity contribution in [3.63, 3.8) is 0 Å². The van der Waals surface area contributed by atoms with Crippen LogP contribution < -0.4 is 0 Å². The van der Waals surface area contributed by atoms with Crippen molar-refractivity contribution in [2.45, 2.75) is 0 Å². The Hall–Kier alpha value is -2.65. The number of nitrogens with zero attached hydrogens (tertiary/aromatic N) is 1. The number of hydrogen-bond donors (Lipinski definition) is 0. The van der Waals surface area contributed by atoms with Gasteiger partial charge in [-0.2, -0.15) is 0 Å². The van der Waals surface area contributed by atoms with Crippen LogP contribution in [0.4, 0.5) is 0 Å². The SMILES string of the molecule is Brc1ccc(-c2nc3c4ccccc4c4ccccc4c3o2)cc1. The third kappa shape index (κ3) is 1.98. The Kier molecular flexibility index (Phi) is 2.97. The highest BCUT2D eigenvalue weighted by atomic mass is 79.9. The van der Waals surface area contributed by atoms with Gasteiger partial charge in [0.2, 0.25) is 5.89 Å². The van der Waals surface area contributed by atoms with Crippen LogP contribution in [0.1, 0.15) is 0 Å². The first-order chi connectivity index (χ1) is 11.8. The number of fused-ring (bicyclic) bond motifs is 6. The molecule has 0 aliphatic carbocycles. The van der Waals surface area contributed by atoms with E-state index in [0.29, 0.717) is 5.89 Å². The summed E-state index contributed by atoms with van der Waals surface area (Å²) in [6.45, 7) is 0. The van der Waals surface area contributed by atoms with Crippen LogP contribution in [0, 0.1) is 0 Å². The number of benzene rings is 4. The number of oxazole rings is 1. The summed E-state index contributed by atoms with van der Waals surface area (Å²) >= 11 is 3.47. The molecule has 0 saturated heterocycles. The van der Waals surface area contributed by atoms with Gasteiger partial charge in [0.15, 0.2) is 5.58 Å². The second-order valence-electron chi connectivity index (χ2n) is 5.79. The van der Waals surface area contributed by atoms with Gasteiger partial charge in [-0.25, -0.2) is 4.98 Å². The highest BCUT2D eigenvalue weighted by Crippen LogP contribution is 2.37. The molecule has 0 aliphatic rings. The first-order valence-electron chi connectivity index (χ1n) is 7.77. The second kappa shape index (κ2) is 5.18. The first-order valence-corrected chi connectivity index (χ1v) is 8.56. The third-order valence-electron chi connectivity index (χ3n) is 4.36. The van der Waals surface area contributed by atoms with Crippen LogP contribution in [-0.4, -0.2) is 4.98 Å². The van der Waals surface area contributed by atoms with E-state index in [9.17, 15) is 0 Å². The quantitative estimate of drug-likeness (QED) is 0.311. The van der Waals surface area contributed by atoms with Gasteiger partial charge in [0.25, 0.3) is 0 Å². The lowest BCUT2D eigenvalue weighted by Crippen LogP contribution is -1.80. The van der Waals surface area contributed by atoms with Crippen LogP contribution in [-0.2, 0) is 0 Å². The lowest BCUT2D eigenvalue weighted by molar-refractivity contribution is 0.623. The van der Waals surface area contributed by atoms with Crippen molar-refractivity contribution in [2.24, 2.45) is 0 Å². The molecule has 0 fully saturated rings. The molecular weight excluding hydrogens is 362 g/mol. The van der Waals surface area contributed by atoms with Gasteiger partial charge in [-0.05, 0) is 35.0 Å². The summed E-state index contributed by atoms with van der Waals surface area (Å²) in [5.41, 5.74) is 2.74. The molecule has 0 amide bonds. The van der Waals surface area contributed by atoms with Crippen molar-refractivity contribution < 1.29 is 4.42 Å². The van der Waals surface area contributed by atoms with Gasteiger partial charge in [-0.3, -0.25) is 0 Å². The van der Waals surface area contributed by atoms with E-state index in [2.05, 4.69) is 52.3 Å². The molecule has 2 nitrogen and oxygen atoms in total. The maximum absolute atomic E-state index is 6.19. The molecule has 4 aromatic carbocycles. The largest absolute Gasteiger partial charge is 0.435 e. The van der Waals surface area contributed by atoms with Gasteiger partial charge >= 0.3 is 0 Å². The smallest absolute Gasteiger partial charge is 0.227 e. The molecular formula is C21H12BrNO. The van der Waals surface area contributed by atoms with Crippen molar-refractivity contribution in [1.29, 1.82) is 0 Å². The Balaban J connectivity index is 1.93. The molecule has 1 aromatic heterocycles. The van der Waals surface area contributed by atoms with Gasteiger partial charge in [0.1, 0.15) is 5.52 Å². The van der Waals surface area contributed by atoms with E-state index < -0.39 is 0 Å². The van der Waals surface area contributed by atoms with Gasteiger partial charge < -0.3 is 4.42 Å². The van der Waals surface area contributed by atoms with Crippen LogP contribution in [0.5, 0.6) is 0 Å². The van der Waals surface area contributed by atoms with Crippen molar-refractivity contribution in [3.8, 4) is 11.5 Å². The zero-order valence-electron chi connectivity index (χ0n) is 12.7. The Morgan fingerprint density at radius 1 is 0.667 bits per heavy atom. The van der Waals surface area contributed by atoms with Crippen LogP contribution in [0.3, 0.4) is 0 Å². The minimum absolute atomic E-state index is 0.652. The van der Waals surface area contributed by atoms with Crippen LogP contribution in [0.2, 0.25) is 0 Å². The normalized spacial score (nSPS) is 11.5. The summed E-state index contributed by atoms with van der Waals surface area (Å²) in [5, 5.41) is 4.62. The van der Waals surface area contributed by atoms with Crippen LogP contribution in [0.15, 0.2) is 81.7 Å². The fraction of sp³-hybridized carbons (Fsp3) is 0. The highest BCUT2D eigenvalue weighted by molar-refractivity contribution is 9.10. The van der Waals surface area contributed by atoms with E-state index in [-0.39, 0.29) is 0 Å². The first kappa shape index (κ1) is 13.8. The molecule has 5 aromatic rings. The molecule has 0 saturated carbocycles. The molecule has 0 bridgehead atoms. The molecule has 114 valence electrons. The van der Waals surface area contributed by atoms with E-state index in [1.165, 1.54) is 10.8 Å². The monoisotopic (exact) mass is 373 g/mol. The summed E-state index contributed by atoms with van der Waals surface area (Å²) in [5.74, 6) is 0.652. The predicted molar refractivity (Wildman–Crippen MR) is 102 cm³/mol. The molecule has 0 radical (unpaired) electrons. The fourth-order valence-electron chi connectivity index (χ4n) is 3.24.